The molecule has 2 aromatic rings. The summed E-state index contributed by atoms with van der Waals surface area (Å²) < 4.78 is 81.5. The van der Waals surface area contributed by atoms with Crippen molar-refractivity contribution in [2.24, 2.45) is 0 Å². The van der Waals surface area contributed by atoms with Gasteiger partial charge in [-0.1, -0.05) is 31.5 Å². The van der Waals surface area contributed by atoms with Gasteiger partial charge in [0.25, 0.3) is 11.8 Å². The number of alkyl halides is 5. The van der Waals surface area contributed by atoms with Crippen molar-refractivity contribution in [3.8, 4) is 5.75 Å². The van der Waals surface area contributed by atoms with Crippen molar-refractivity contribution >= 4 is 23.1 Å². The maximum absolute atomic E-state index is 15.0. The Morgan fingerprint density at radius 1 is 1.14 bits per heavy atom. The summed E-state index contributed by atoms with van der Waals surface area (Å²) in [6.07, 6.45) is -3.73. The average Bonchev–Trinajstić information content (AvgIpc) is 2.92. The molecule has 0 unspecified atom stereocenters. The number of benzene rings is 2. The SMILES string of the molecule is CCCCOc1ccc(C(=O)N2CCC(F)(F)C(=CC(=O)OC)c3ccccc32)c(C(F)(F)F)c1. The molecular formula is C25H24F5NO4. The van der Waals surface area contributed by atoms with E-state index in [2.05, 4.69) is 4.74 Å². The maximum Gasteiger partial charge on any atom is 0.417 e. The second kappa shape index (κ2) is 10.5. The minimum absolute atomic E-state index is 0.0405. The van der Waals surface area contributed by atoms with Crippen molar-refractivity contribution in [2.75, 3.05) is 25.2 Å². The van der Waals surface area contributed by atoms with E-state index >= 15 is 8.78 Å². The highest BCUT2D eigenvalue weighted by Gasteiger charge is 2.43. The van der Waals surface area contributed by atoms with E-state index in [0.29, 0.717) is 12.5 Å². The summed E-state index contributed by atoms with van der Waals surface area (Å²) >= 11 is 0. The van der Waals surface area contributed by atoms with Gasteiger partial charge in [-0.15, -0.1) is 0 Å². The predicted molar refractivity (Wildman–Crippen MR) is 120 cm³/mol. The fraction of sp³-hybridized carbons (Fsp3) is 0.360. The normalized spacial score (nSPS) is 16.4. The molecule has 10 heteroatoms. The van der Waals surface area contributed by atoms with E-state index in [0.717, 1.165) is 30.6 Å². The van der Waals surface area contributed by atoms with E-state index in [1.165, 1.54) is 30.3 Å². The molecule has 188 valence electrons. The van der Waals surface area contributed by atoms with Crippen molar-refractivity contribution in [1.82, 2.24) is 0 Å². The zero-order valence-electron chi connectivity index (χ0n) is 19.1. The van der Waals surface area contributed by atoms with Crippen molar-refractivity contribution in [1.29, 1.82) is 0 Å². The van der Waals surface area contributed by atoms with Crippen LogP contribution in [0.4, 0.5) is 27.6 Å². The second-order valence-electron chi connectivity index (χ2n) is 7.92. The van der Waals surface area contributed by atoms with Gasteiger partial charge >= 0.3 is 12.1 Å². The molecule has 0 bridgehead atoms. The molecule has 35 heavy (non-hydrogen) atoms. The highest BCUT2D eigenvalue weighted by molar-refractivity contribution is 6.09. The number of halogens is 5. The molecule has 0 aliphatic carbocycles. The van der Waals surface area contributed by atoms with Gasteiger partial charge < -0.3 is 14.4 Å². The van der Waals surface area contributed by atoms with Crippen LogP contribution in [-0.4, -0.2) is 38.1 Å². The smallest absolute Gasteiger partial charge is 0.417 e. The summed E-state index contributed by atoms with van der Waals surface area (Å²) in [4.78, 5) is 26.0. The largest absolute Gasteiger partial charge is 0.494 e. The van der Waals surface area contributed by atoms with Crippen molar-refractivity contribution < 1.29 is 41.0 Å². The highest BCUT2D eigenvalue weighted by atomic mass is 19.4. The van der Waals surface area contributed by atoms with Gasteiger partial charge in [0.2, 0.25) is 0 Å². The lowest BCUT2D eigenvalue weighted by molar-refractivity contribution is -0.138. The van der Waals surface area contributed by atoms with Crippen LogP contribution in [0.15, 0.2) is 48.5 Å². The maximum atomic E-state index is 15.0. The number of ether oxygens (including phenoxy) is 2. The lowest BCUT2D eigenvalue weighted by Crippen LogP contribution is -2.34. The van der Waals surface area contributed by atoms with Crippen LogP contribution >= 0.6 is 0 Å². The first-order valence-electron chi connectivity index (χ1n) is 10.9. The van der Waals surface area contributed by atoms with Gasteiger partial charge in [-0.05, 0) is 30.7 Å². The molecule has 0 radical (unpaired) electrons. The average molecular weight is 497 g/mol. The van der Waals surface area contributed by atoms with Gasteiger partial charge in [0.05, 0.1) is 30.5 Å². The summed E-state index contributed by atoms with van der Waals surface area (Å²) in [5.74, 6) is -5.70. The molecule has 1 aliphatic heterocycles. The van der Waals surface area contributed by atoms with Crippen LogP contribution < -0.4 is 9.64 Å². The Balaban J connectivity index is 2.09. The summed E-state index contributed by atoms with van der Waals surface area (Å²) in [6.45, 7) is 1.54. The van der Waals surface area contributed by atoms with Crippen molar-refractivity contribution in [3.05, 3.63) is 65.2 Å². The number of para-hydroxylation sites is 1. The van der Waals surface area contributed by atoms with Crippen LogP contribution in [0.25, 0.3) is 5.57 Å². The number of esters is 1. The molecule has 1 amide bonds. The molecule has 2 aromatic carbocycles. The first-order valence-corrected chi connectivity index (χ1v) is 10.9. The van der Waals surface area contributed by atoms with Gasteiger partial charge in [0.15, 0.2) is 0 Å². The number of anilines is 1. The van der Waals surface area contributed by atoms with Crippen LogP contribution in [0.5, 0.6) is 5.75 Å². The molecule has 5 nitrogen and oxygen atoms in total. The number of hydrogen-bond donors (Lipinski definition) is 0. The molecule has 3 rings (SSSR count). The van der Waals surface area contributed by atoms with E-state index in [1.54, 1.807) is 0 Å². The molecule has 1 aliphatic rings. The molecular weight excluding hydrogens is 473 g/mol. The number of carbonyl (C=O) groups is 2. The van der Waals surface area contributed by atoms with Crippen LogP contribution in [0.1, 0.15) is 47.7 Å². The minimum atomic E-state index is -4.89. The molecule has 0 saturated heterocycles. The lowest BCUT2D eigenvalue weighted by atomic mass is 9.97. The number of nitrogens with zero attached hydrogens (tertiary/aromatic N) is 1. The van der Waals surface area contributed by atoms with E-state index in [1.807, 2.05) is 6.92 Å². The molecule has 0 fully saturated rings. The van der Waals surface area contributed by atoms with E-state index in [-0.39, 0.29) is 23.6 Å². The van der Waals surface area contributed by atoms with Gasteiger partial charge in [-0.25, -0.2) is 13.6 Å². The van der Waals surface area contributed by atoms with Gasteiger partial charge in [-0.3, -0.25) is 4.79 Å². The first kappa shape index (κ1) is 26.2. The fourth-order valence-corrected chi connectivity index (χ4v) is 3.73. The third kappa shape index (κ3) is 5.80. The van der Waals surface area contributed by atoms with Crippen molar-refractivity contribution in [2.45, 2.75) is 38.3 Å². The zero-order valence-corrected chi connectivity index (χ0v) is 19.1. The summed E-state index contributed by atoms with van der Waals surface area (Å²) in [7, 11) is 1.03. The summed E-state index contributed by atoms with van der Waals surface area (Å²) in [6, 6.07) is 8.49. The lowest BCUT2D eigenvalue weighted by Gasteiger charge is -2.24. The molecule has 1 heterocycles. The van der Waals surface area contributed by atoms with E-state index in [4.69, 9.17) is 4.74 Å². The van der Waals surface area contributed by atoms with Crippen molar-refractivity contribution in [3.63, 3.8) is 0 Å². The molecule has 0 atom stereocenters. The Labute approximate surface area is 199 Å². The number of carbonyl (C=O) groups excluding carboxylic acids is 2. The number of fused-ring (bicyclic) bond motifs is 1. The van der Waals surface area contributed by atoms with Crippen LogP contribution in [-0.2, 0) is 15.7 Å². The summed E-state index contributed by atoms with van der Waals surface area (Å²) in [5, 5.41) is 0. The molecule has 0 N–H and O–H groups in total. The Hall–Kier alpha value is -3.43. The van der Waals surface area contributed by atoms with Gasteiger partial charge in [-0.2, -0.15) is 13.2 Å². The monoisotopic (exact) mass is 497 g/mol. The molecule has 0 spiro atoms. The Bertz CT molecular complexity index is 1130. The highest BCUT2D eigenvalue weighted by Crippen LogP contribution is 2.44. The number of allylic oxidation sites excluding steroid dienone is 1. The van der Waals surface area contributed by atoms with Crippen LogP contribution in [0.2, 0.25) is 0 Å². The number of amides is 1. The summed E-state index contributed by atoms with van der Waals surface area (Å²) in [5.41, 5.74) is -2.79. The van der Waals surface area contributed by atoms with Crippen LogP contribution in [0, 0.1) is 0 Å². The third-order valence-electron chi connectivity index (χ3n) is 5.53. The zero-order chi connectivity index (χ0) is 25.8. The Kier molecular flexibility index (Phi) is 7.82. The quantitative estimate of drug-likeness (QED) is 0.209. The van der Waals surface area contributed by atoms with Gasteiger partial charge in [0, 0.05) is 30.2 Å². The molecule has 0 aromatic heterocycles. The van der Waals surface area contributed by atoms with Gasteiger partial charge in [0.1, 0.15) is 5.75 Å². The Morgan fingerprint density at radius 3 is 2.51 bits per heavy atom. The second-order valence-corrected chi connectivity index (χ2v) is 7.92. The fourth-order valence-electron chi connectivity index (χ4n) is 3.73. The number of unbranched alkanes of at least 4 members (excludes halogenated alkanes) is 1. The first-order chi connectivity index (χ1) is 16.5. The van der Waals surface area contributed by atoms with E-state index < -0.39 is 53.6 Å². The Morgan fingerprint density at radius 2 is 1.86 bits per heavy atom. The number of rotatable bonds is 6. The minimum Gasteiger partial charge on any atom is -0.494 e. The van der Waals surface area contributed by atoms with E-state index in [9.17, 15) is 22.8 Å². The standard InChI is InChI=1S/C25H24F5NO4/c1-3-4-13-35-16-9-10-18(20(14-16)25(28,29)30)23(33)31-12-11-24(26,27)19(15-22(32)34-2)17-7-5-6-8-21(17)31/h5-10,14-15H,3-4,11-13H2,1-2H3. The number of methoxy groups -OCH3 is 1. The number of hydrogen-bond acceptors (Lipinski definition) is 4. The predicted octanol–water partition coefficient (Wildman–Crippen LogP) is 6.13. The third-order valence-corrected chi connectivity index (χ3v) is 5.53. The topological polar surface area (TPSA) is 55.8 Å². The van der Waals surface area contributed by atoms with Crippen LogP contribution in [0.3, 0.4) is 0 Å². The molecule has 0 saturated carbocycles.